The van der Waals surface area contributed by atoms with Crippen LogP contribution >= 0.6 is 11.8 Å². The third kappa shape index (κ3) is 3.20. The highest BCUT2D eigenvalue weighted by Gasteiger charge is 2.21. The Morgan fingerprint density at radius 3 is 2.68 bits per heavy atom. The number of aromatic nitrogens is 1. The van der Waals surface area contributed by atoms with Gasteiger partial charge in [0.15, 0.2) is 5.17 Å². The lowest BCUT2D eigenvalue weighted by atomic mass is 10.1. The van der Waals surface area contributed by atoms with E-state index < -0.39 is 0 Å². The Hall–Kier alpha value is -2.53. The van der Waals surface area contributed by atoms with Crippen LogP contribution in [0.5, 0.6) is 0 Å². The highest BCUT2D eigenvalue weighted by atomic mass is 32.2. The van der Waals surface area contributed by atoms with Crippen LogP contribution in [0.1, 0.15) is 16.8 Å². The summed E-state index contributed by atoms with van der Waals surface area (Å²) >= 11 is 1.75. The first kappa shape index (κ1) is 16.0. The molecule has 1 aliphatic heterocycles. The van der Waals surface area contributed by atoms with Crippen LogP contribution in [0.2, 0.25) is 0 Å². The molecule has 0 saturated heterocycles. The summed E-state index contributed by atoms with van der Waals surface area (Å²) in [5.41, 5.74) is 5.86. The third-order valence-corrected chi connectivity index (χ3v) is 5.38. The molecule has 1 aromatic heterocycles. The van der Waals surface area contributed by atoms with Gasteiger partial charge >= 0.3 is 0 Å². The number of aromatic amines is 1. The van der Waals surface area contributed by atoms with E-state index in [4.69, 9.17) is 10.1 Å². The zero-order valence-electron chi connectivity index (χ0n) is 14.4. The topological polar surface area (TPSA) is 43.8 Å². The molecule has 0 spiro atoms. The maximum atomic E-state index is 4.81. The van der Waals surface area contributed by atoms with Crippen LogP contribution in [0.15, 0.2) is 64.7 Å². The number of hydrazone groups is 1. The van der Waals surface area contributed by atoms with Crippen molar-refractivity contribution < 1.29 is 0 Å². The summed E-state index contributed by atoms with van der Waals surface area (Å²) in [6.07, 6.45) is 0. The number of aliphatic imine (C=N–C) groups is 1. The number of aryl methyl sites for hydroxylation is 1. The van der Waals surface area contributed by atoms with Gasteiger partial charge in [0, 0.05) is 35.0 Å². The van der Waals surface area contributed by atoms with Crippen molar-refractivity contribution in [1.29, 1.82) is 0 Å². The van der Waals surface area contributed by atoms with Gasteiger partial charge in [0.1, 0.15) is 0 Å². The first-order chi connectivity index (χ1) is 12.2. The van der Waals surface area contributed by atoms with Crippen molar-refractivity contribution >= 4 is 33.5 Å². The molecule has 0 saturated carbocycles. The highest BCUT2D eigenvalue weighted by Crippen LogP contribution is 2.27. The number of para-hydroxylation sites is 1. The number of nitrogens with zero attached hydrogens (tertiary/aromatic N) is 3. The largest absolute Gasteiger partial charge is 0.358 e. The molecule has 1 N–H and O–H groups in total. The number of nitrogens with one attached hydrogen (secondary N) is 1. The summed E-state index contributed by atoms with van der Waals surface area (Å²) in [7, 11) is 1.97. The van der Waals surface area contributed by atoms with Crippen molar-refractivity contribution in [3.63, 3.8) is 0 Å². The van der Waals surface area contributed by atoms with E-state index in [1.54, 1.807) is 11.8 Å². The molecule has 25 heavy (non-hydrogen) atoms. The second-order valence-corrected chi connectivity index (χ2v) is 7.06. The molecule has 0 unspecified atom stereocenters. The Labute approximate surface area is 151 Å². The quantitative estimate of drug-likeness (QED) is 0.762. The molecule has 0 bridgehead atoms. The predicted molar refractivity (Wildman–Crippen MR) is 107 cm³/mol. The minimum Gasteiger partial charge on any atom is -0.358 e. The van der Waals surface area contributed by atoms with E-state index in [9.17, 15) is 0 Å². The Morgan fingerprint density at radius 2 is 1.88 bits per heavy atom. The van der Waals surface area contributed by atoms with E-state index in [1.807, 2.05) is 30.3 Å². The standard InChI is InChI=1S/C20H20N4S/c1-14-19(16-10-6-7-11-17(16)22-14)18-13-25-20(24(2)23-18)21-12-15-8-4-3-5-9-15/h3-11,22H,12-13H2,1-2H3. The van der Waals surface area contributed by atoms with Crippen LogP contribution in [0.4, 0.5) is 0 Å². The van der Waals surface area contributed by atoms with E-state index >= 15 is 0 Å². The smallest absolute Gasteiger partial charge is 0.180 e. The van der Waals surface area contributed by atoms with Crippen molar-refractivity contribution in [3.05, 3.63) is 71.4 Å². The number of fused-ring (bicyclic) bond motifs is 1. The molecule has 5 heteroatoms. The molecule has 4 rings (SSSR count). The first-order valence-electron chi connectivity index (χ1n) is 8.32. The molecular formula is C20H20N4S. The molecule has 4 nitrogen and oxygen atoms in total. The zero-order valence-corrected chi connectivity index (χ0v) is 15.2. The van der Waals surface area contributed by atoms with Gasteiger partial charge in [-0.25, -0.2) is 5.01 Å². The minimum atomic E-state index is 0.685. The zero-order chi connectivity index (χ0) is 17.2. The van der Waals surface area contributed by atoms with E-state index in [-0.39, 0.29) is 0 Å². The van der Waals surface area contributed by atoms with E-state index in [1.165, 1.54) is 22.2 Å². The fourth-order valence-corrected chi connectivity index (χ4v) is 3.99. The minimum absolute atomic E-state index is 0.685. The number of benzene rings is 2. The summed E-state index contributed by atoms with van der Waals surface area (Å²) in [6.45, 7) is 2.80. The number of thioether (sulfide) groups is 1. The average molecular weight is 348 g/mol. The van der Waals surface area contributed by atoms with Crippen LogP contribution in [0, 0.1) is 6.92 Å². The molecule has 0 fully saturated rings. The molecule has 2 aromatic carbocycles. The molecule has 1 aliphatic rings. The molecule has 2 heterocycles. The van der Waals surface area contributed by atoms with Gasteiger partial charge < -0.3 is 4.98 Å². The first-order valence-corrected chi connectivity index (χ1v) is 9.31. The normalized spacial score (nSPS) is 16.5. The molecule has 0 atom stereocenters. The van der Waals surface area contributed by atoms with Gasteiger partial charge in [0.05, 0.1) is 12.3 Å². The Balaban J connectivity index is 1.61. The second-order valence-electron chi connectivity index (χ2n) is 6.11. The van der Waals surface area contributed by atoms with E-state index in [0.29, 0.717) is 6.54 Å². The van der Waals surface area contributed by atoms with Gasteiger partial charge in [0.25, 0.3) is 0 Å². The van der Waals surface area contributed by atoms with Crippen LogP contribution in [-0.4, -0.2) is 33.7 Å². The fraction of sp³-hybridized carbons (Fsp3) is 0.200. The Kier molecular flexibility index (Phi) is 4.32. The Bertz CT molecular complexity index is 956. The van der Waals surface area contributed by atoms with Crippen molar-refractivity contribution in [2.24, 2.45) is 10.1 Å². The molecule has 0 amide bonds. The molecular weight excluding hydrogens is 328 g/mol. The van der Waals surface area contributed by atoms with Crippen molar-refractivity contribution in [2.75, 3.05) is 12.8 Å². The van der Waals surface area contributed by atoms with Crippen molar-refractivity contribution in [2.45, 2.75) is 13.5 Å². The predicted octanol–water partition coefficient (Wildman–Crippen LogP) is 4.42. The summed E-state index contributed by atoms with van der Waals surface area (Å²) in [6, 6.07) is 18.7. The van der Waals surface area contributed by atoms with Gasteiger partial charge in [-0.2, -0.15) is 5.10 Å². The van der Waals surface area contributed by atoms with Crippen LogP contribution in [0.3, 0.4) is 0 Å². The third-order valence-electron chi connectivity index (χ3n) is 4.31. The highest BCUT2D eigenvalue weighted by molar-refractivity contribution is 8.14. The van der Waals surface area contributed by atoms with Crippen molar-refractivity contribution in [3.8, 4) is 0 Å². The van der Waals surface area contributed by atoms with E-state index in [0.717, 1.165) is 22.1 Å². The average Bonchev–Trinajstić information content (AvgIpc) is 2.97. The molecule has 3 aromatic rings. The summed E-state index contributed by atoms with van der Waals surface area (Å²) in [5.74, 6) is 0.834. The van der Waals surface area contributed by atoms with Gasteiger partial charge in [0.2, 0.25) is 0 Å². The fourth-order valence-electron chi connectivity index (χ4n) is 3.14. The lowest BCUT2D eigenvalue weighted by Crippen LogP contribution is -2.28. The Morgan fingerprint density at radius 1 is 1.12 bits per heavy atom. The van der Waals surface area contributed by atoms with E-state index in [2.05, 4.69) is 48.3 Å². The van der Waals surface area contributed by atoms with Crippen LogP contribution in [-0.2, 0) is 6.54 Å². The molecule has 0 aliphatic carbocycles. The van der Waals surface area contributed by atoms with Gasteiger partial charge in [-0.05, 0) is 18.6 Å². The number of hydrogen-bond donors (Lipinski definition) is 1. The van der Waals surface area contributed by atoms with Gasteiger partial charge in [-0.15, -0.1) is 0 Å². The summed E-state index contributed by atoms with van der Waals surface area (Å²) in [4.78, 5) is 8.18. The number of amidine groups is 1. The molecule has 126 valence electrons. The number of hydrogen-bond acceptors (Lipinski definition) is 3. The maximum absolute atomic E-state index is 4.81. The van der Waals surface area contributed by atoms with Crippen molar-refractivity contribution in [1.82, 2.24) is 9.99 Å². The summed E-state index contributed by atoms with van der Waals surface area (Å²) < 4.78 is 0. The lowest BCUT2D eigenvalue weighted by Gasteiger charge is -2.23. The maximum Gasteiger partial charge on any atom is 0.180 e. The lowest BCUT2D eigenvalue weighted by molar-refractivity contribution is 0.550. The van der Waals surface area contributed by atoms with Crippen LogP contribution in [0.25, 0.3) is 10.9 Å². The van der Waals surface area contributed by atoms with Gasteiger partial charge in [-0.3, -0.25) is 4.99 Å². The van der Waals surface area contributed by atoms with Crippen LogP contribution < -0.4 is 0 Å². The molecule has 0 radical (unpaired) electrons. The summed E-state index contributed by atoms with van der Waals surface area (Å²) in [5, 5.41) is 8.90. The SMILES string of the molecule is Cc1[nH]c2ccccc2c1C1=NN(C)C(=NCc2ccccc2)SC1. The second kappa shape index (κ2) is 6.76. The number of H-pyrrole nitrogens is 1. The monoisotopic (exact) mass is 348 g/mol. The number of rotatable bonds is 3. The van der Waals surface area contributed by atoms with Gasteiger partial charge in [-0.1, -0.05) is 60.3 Å².